The molecular weight excluding hydrogens is 563 g/mol. The topological polar surface area (TPSA) is 132 Å². The van der Waals surface area contributed by atoms with Crippen LogP contribution in [0.15, 0.2) is 73.3 Å². The van der Waals surface area contributed by atoms with Crippen molar-refractivity contribution in [2.75, 3.05) is 39.8 Å². The average molecular weight is 599 g/mol. The van der Waals surface area contributed by atoms with Gasteiger partial charge >= 0.3 is 0 Å². The Kier molecular flexibility index (Phi) is 8.09. The lowest BCUT2D eigenvalue weighted by Gasteiger charge is -2.41. The number of halogens is 1. The Morgan fingerprint density at radius 2 is 1.73 bits per heavy atom. The molecule has 0 spiro atoms. The highest BCUT2D eigenvalue weighted by molar-refractivity contribution is 5.98. The van der Waals surface area contributed by atoms with E-state index in [2.05, 4.69) is 25.4 Å². The highest BCUT2D eigenvalue weighted by Crippen LogP contribution is 2.41. The van der Waals surface area contributed by atoms with Crippen LogP contribution >= 0.6 is 0 Å². The Balaban J connectivity index is 1.21. The predicted octanol–water partition coefficient (Wildman–Crippen LogP) is 2.90. The van der Waals surface area contributed by atoms with Crippen LogP contribution in [0.25, 0.3) is 5.69 Å². The first-order chi connectivity index (χ1) is 21.3. The maximum Gasteiger partial charge on any atom is 0.257 e. The molecule has 1 unspecified atom stereocenters. The molecule has 6 rings (SSSR count). The fourth-order valence-corrected chi connectivity index (χ4v) is 6.77. The van der Waals surface area contributed by atoms with Gasteiger partial charge in [-0.25, -0.2) is 9.07 Å². The number of hydrogen-bond donors (Lipinski definition) is 1. The standard InChI is InChI=1S/C32H35FN8O3/c1-44-28-7-6-26(41-22-36-37-38-41)20-27(28)29(42)40-19-11-31(21-40,23-2-4-25(33)5-3-23)10-16-39-17-12-32(13-18-39,30(34)43)24-8-14-35-15-9-24/h2-9,14-15,20,22H,10-13,16-19,21H2,1H3,(H2,34,43). The van der Waals surface area contributed by atoms with Crippen LogP contribution in [-0.2, 0) is 15.6 Å². The number of tetrazole rings is 1. The van der Waals surface area contributed by atoms with E-state index in [0.29, 0.717) is 56.0 Å². The first kappa shape index (κ1) is 29.4. The van der Waals surface area contributed by atoms with Crippen LogP contribution in [0, 0.1) is 5.82 Å². The number of amides is 2. The van der Waals surface area contributed by atoms with Gasteiger partial charge in [0.25, 0.3) is 5.91 Å². The van der Waals surface area contributed by atoms with Crippen molar-refractivity contribution in [3.63, 3.8) is 0 Å². The molecule has 2 aromatic carbocycles. The van der Waals surface area contributed by atoms with Gasteiger partial charge in [0.05, 0.1) is 23.8 Å². The van der Waals surface area contributed by atoms with E-state index in [0.717, 1.165) is 30.5 Å². The van der Waals surface area contributed by atoms with Gasteiger partial charge in [-0.2, -0.15) is 0 Å². The Morgan fingerprint density at radius 1 is 0.977 bits per heavy atom. The van der Waals surface area contributed by atoms with Gasteiger partial charge in [0.15, 0.2) is 0 Å². The van der Waals surface area contributed by atoms with Gasteiger partial charge in [0.1, 0.15) is 17.9 Å². The van der Waals surface area contributed by atoms with E-state index >= 15 is 0 Å². The minimum Gasteiger partial charge on any atom is -0.496 e. The third-order valence-corrected chi connectivity index (χ3v) is 9.45. The first-order valence-electron chi connectivity index (χ1n) is 14.7. The van der Waals surface area contributed by atoms with Crippen molar-refractivity contribution >= 4 is 11.8 Å². The molecule has 0 aliphatic carbocycles. The second kappa shape index (κ2) is 12.1. The van der Waals surface area contributed by atoms with Crippen molar-refractivity contribution in [1.82, 2.24) is 35.0 Å². The third kappa shape index (κ3) is 5.52. The fraction of sp³-hybridized carbons (Fsp3) is 0.375. The van der Waals surface area contributed by atoms with Gasteiger partial charge < -0.3 is 20.3 Å². The molecule has 2 N–H and O–H groups in total. The maximum atomic E-state index is 14.0. The Labute approximate surface area is 254 Å². The normalized spacial score (nSPS) is 20.0. The lowest BCUT2D eigenvalue weighted by molar-refractivity contribution is -0.125. The van der Waals surface area contributed by atoms with E-state index in [1.165, 1.54) is 30.3 Å². The molecule has 228 valence electrons. The Morgan fingerprint density at radius 3 is 2.39 bits per heavy atom. The molecule has 4 heterocycles. The lowest BCUT2D eigenvalue weighted by atomic mass is 9.72. The van der Waals surface area contributed by atoms with E-state index in [1.807, 2.05) is 29.2 Å². The van der Waals surface area contributed by atoms with Crippen LogP contribution in [0.4, 0.5) is 4.39 Å². The molecule has 2 saturated heterocycles. The number of pyridine rings is 1. The summed E-state index contributed by atoms with van der Waals surface area (Å²) in [6.45, 7) is 3.22. The molecule has 0 bridgehead atoms. The minimum absolute atomic E-state index is 0.151. The number of primary amides is 1. The zero-order valence-electron chi connectivity index (χ0n) is 24.6. The van der Waals surface area contributed by atoms with Crippen molar-refractivity contribution in [1.29, 1.82) is 0 Å². The average Bonchev–Trinajstić information content (AvgIpc) is 3.76. The van der Waals surface area contributed by atoms with E-state index in [4.69, 9.17) is 10.5 Å². The van der Waals surface area contributed by atoms with Gasteiger partial charge in [0, 0.05) is 30.9 Å². The zero-order chi connectivity index (χ0) is 30.7. The molecule has 0 radical (unpaired) electrons. The van der Waals surface area contributed by atoms with E-state index < -0.39 is 5.41 Å². The van der Waals surface area contributed by atoms with Crippen molar-refractivity contribution in [2.45, 2.75) is 36.5 Å². The third-order valence-electron chi connectivity index (χ3n) is 9.45. The molecule has 2 fully saturated rings. The second-order valence-electron chi connectivity index (χ2n) is 11.7. The van der Waals surface area contributed by atoms with Gasteiger partial charge in [-0.05, 0) is 109 Å². The number of ether oxygens (including phenoxy) is 1. The van der Waals surface area contributed by atoms with Gasteiger partial charge in [-0.15, -0.1) is 5.10 Å². The number of nitrogens with two attached hydrogens (primary N) is 1. The number of likely N-dealkylation sites (tertiary alicyclic amines) is 2. The number of aromatic nitrogens is 5. The first-order valence-corrected chi connectivity index (χ1v) is 14.7. The molecule has 1 atom stereocenters. The van der Waals surface area contributed by atoms with Gasteiger partial charge in [0.2, 0.25) is 5.91 Å². The van der Waals surface area contributed by atoms with E-state index in [1.54, 1.807) is 30.6 Å². The van der Waals surface area contributed by atoms with Crippen LogP contribution in [0.3, 0.4) is 0 Å². The summed E-state index contributed by atoms with van der Waals surface area (Å²) in [4.78, 5) is 34.9. The van der Waals surface area contributed by atoms with Gasteiger partial charge in [-0.3, -0.25) is 14.6 Å². The summed E-state index contributed by atoms with van der Waals surface area (Å²) in [5.74, 6) is -0.293. The lowest BCUT2D eigenvalue weighted by Crippen LogP contribution is -2.50. The van der Waals surface area contributed by atoms with Gasteiger partial charge in [-0.1, -0.05) is 12.1 Å². The zero-order valence-corrected chi connectivity index (χ0v) is 24.6. The summed E-state index contributed by atoms with van der Waals surface area (Å²) in [7, 11) is 1.54. The molecule has 2 aliphatic heterocycles. The summed E-state index contributed by atoms with van der Waals surface area (Å²) in [6, 6.07) is 15.6. The summed E-state index contributed by atoms with van der Waals surface area (Å²) < 4.78 is 21.0. The molecule has 2 amide bonds. The summed E-state index contributed by atoms with van der Waals surface area (Å²) in [6.07, 6.45) is 7.61. The quantitative estimate of drug-likeness (QED) is 0.311. The Hall–Kier alpha value is -4.71. The van der Waals surface area contributed by atoms with Crippen molar-refractivity contribution in [3.05, 3.63) is 95.8 Å². The highest BCUT2D eigenvalue weighted by atomic mass is 19.1. The minimum atomic E-state index is -0.708. The van der Waals surface area contributed by atoms with Crippen LogP contribution < -0.4 is 10.5 Å². The molecule has 2 aliphatic rings. The largest absolute Gasteiger partial charge is 0.496 e. The van der Waals surface area contributed by atoms with Crippen LogP contribution in [0.1, 0.15) is 47.2 Å². The molecular formula is C32H35FN8O3. The summed E-state index contributed by atoms with van der Waals surface area (Å²) in [5.41, 5.74) is 7.85. The highest BCUT2D eigenvalue weighted by Gasteiger charge is 2.44. The number of carbonyl (C=O) groups is 2. The number of methoxy groups -OCH3 is 1. The number of piperidine rings is 1. The van der Waals surface area contributed by atoms with Crippen LogP contribution in [0.5, 0.6) is 5.75 Å². The van der Waals surface area contributed by atoms with Crippen LogP contribution in [0.2, 0.25) is 0 Å². The second-order valence-corrected chi connectivity index (χ2v) is 11.7. The molecule has 0 saturated carbocycles. The Bertz CT molecular complexity index is 1610. The number of carbonyl (C=O) groups excluding carboxylic acids is 2. The van der Waals surface area contributed by atoms with Crippen molar-refractivity contribution in [2.24, 2.45) is 5.73 Å². The number of benzene rings is 2. The summed E-state index contributed by atoms with van der Waals surface area (Å²) >= 11 is 0. The molecule has 2 aromatic heterocycles. The maximum absolute atomic E-state index is 14.0. The predicted molar refractivity (Wildman–Crippen MR) is 160 cm³/mol. The van der Waals surface area contributed by atoms with E-state index in [9.17, 15) is 14.0 Å². The number of hydrogen-bond acceptors (Lipinski definition) is 8. The van der Waals surface area contributed by atoms with Crippen LogP contribution in [-0.4, -0.2) is 86.6 Å². The summed E-state index contributed by atoms with van der Waals surface area (Å²) in [5, 5.41) is 11.3. The molecule has 44 heavy (non-hydrogen) atoms. The smallest absolute Gasteiger partial charge is 0.257 e. The fourth-order valence-electron chi connectivity index (χ4n) is 6.77. The van der Waals surface area contributed by atoms with E-state index in [-0.39, 0.29) is 23.0 Å². The van der Waals surface area contributed by atoms with Crippen molar-refractivity contribution < 1.29 is 18.7 Å². The molecule has 12 heteroatoms. The number of rotatable bonds is 9. The molecule has 11 nitrogen and oxygen atoms in total. The monoisotopic (exact) mass is 598 g/mol. The number of nitrogens with zero attached hydrogens (tertiary/aromatic N) is 7. The molecule has 4 aromatic rings. The van der Waals surface area contributed by atoms with Crippen molar-refractivity contribution in [3.8, 4) is 11.4 Å². The SMILES string of the molecule is COc1ccc(-n2cnnn2)cc1C(=O)N1CCC(CCN2CCC(C(N)=O)(c3ccncc3)CC2)(c2ccc(F)cc2)C1.